The lowest BCUT2D eigenvalue weighted by molar-refractivity contribution is -0.114. The van der Waals surface area contributed by atoms with Crippen molar-refractivity contribution in [3.63, 3.8) is 0 Å². The molecule has 1 amide bonds. The minimum atomic E-state index is -0.0741. The second kappa shape index (κ2) is 6.93. The zero-order valence-corrected chi connectivity index (χ0v) is 15.0. The molecule has 4 heterocycles. The molecule has 0 spiro atoms. The maximum Gasteiger partial charge on any atom is 0.223 e. The summed E-state index contributed by atoms with van der Waals surface area (Å²) in [7, 11) is 0. The molecule has 0 aliphatic carbocycles. The van der Waals surface area contributed by atoms with Gasteiger partial charge in [-0.1, -0.05) is 0 Å². The van der Waals surface area contributed by atoms with Gasteiger partial charge in [0, 0.05) is 43.0 Å². The molecule has 4 rings (SSSR count). The molecule has 1 unspecified atom stereocenters. The molecule has 1 fully saturated rings. The van der Waals surface area contributed by atoms with Crippen molar-refractivity contribution in [1.82, 2.24) is 19.9 Å². The first-order valence-corrected chi connectivity index (χ1v) is 9.34. The number of amides is 1. The highest BCUT2D eigenvalue weighted by molar-refractivity contribution is 7.15. The summed E-state index contributed by atoms with van der Waals surface area (Å²) in [6, 6.07) is 6.20. The number of hydrogen-bond acceptors (Lipinski definition) is 5. The molecule has 130 valence electrons. The number of aromatic nitrogens is 3. The average molecular weight is 355 g/mol. The maximum atomic E-state index is 11.1. The van der Waals surface area contributed by atoms with Crippen molar-refractivity contribution in [2.24, 2.45) is 5.92 Å². The van der Waals surface area contributed by atoms with E-state index in [0.29, 0.717) is 11.0 Å². The molecular formula is C18H21N5OS. The molecule has 1 atom stereocenters. The van der Waals surface area contributed by atoms with Crippen LogP contribution in [0.4, 0.5) is 5.13 Å². The first-order valence-electron chi connectivity index (χ1n) is 8.53. The number of rotatable bonds is 5. The molecule has 2 N–H and O–H groups in total. The number of anilines is 1. The second-order valence-electron chi connectivity index (χ2n) is 6.64. The molecule has 3 aromatic heterocycles. The lowest BCUT2D eigenvalue weighted by Gasteiger charge is -2.14. The van der Waals surface area contributed by atoms with E-state index in [9.17, 15) is 4.79 Å². The molecule has 1 saturated heterocycles. The number of fused-ring (bicyclic) bond motifs is 1. The Morgan fingerprint density at radius 2 is 2.40 bits per heavy atom. The fraction of sp³-hybridized carbons (Fsp3) is 0.389. The predicted octanol–water partition coefficient (Wildman–Crippen LogP) is 3.04. The Balaban J connectivity index is 1.33. The Kier molecular flexibility index (Phi) is 4.50. The van der Waals surface area contributed by atoms with E-state index >= 15 is 0 Å². The van der Waals surface area contributed by atoms with Crippen molar-refractivity contribution in [2.75, 3.05) is 18.4 Å². The number of aromatic amines is 1. The number of hydrogen-bond donors (Lipinski definition) is 2. The Hall–Kier alpha value is -2.25. The molecule has 25 heavy (non-hydrogen) atoms. The van der Waals surface area contributed by atoms with E-state index < -0.39 is 0 Å². The zero-order valence-electron chi connectivity index (χ0n) is 14.2. The molecule has 1 aliphatic rings. The van der Waals surface area contributed by atoms with Crippen LogP contribution < -0.4 is 5.32 Å². The first-order chi connectivity index (χ1) is 12.2. The third kappa shape index (κ3) is 3.88. The Morgan fingerprint density at radius 1 is 1.48 bits per heavy atom. The Labute approximate surface area is 150 Å². The quantitative estimate of drug-likeness (QED) is 0.738. The number of carbonyl (C=O) groups is 1. The Bertz CT molecular complexity index is 853. The zero-order chi connectivity index (χ0) is 17.2. The van der Waals surface area contributed by atoms with Crippen LogP contribution >= 0.6 is 11.3 Å². The number of carbonyl (C=O) groups excluding carboxylic acids is 1. The molecule has 0 bridgehead atoms. The highest BCUT2D eigenvalue weighted by Gasteiger charge is 2.24. The van der Waals surface area contributed by atoms with E-state index in [1.165, 1.54) is 23.9 Å². The van der Waals surface area contributed by atoms with Crippen molar-refractivity contribution in [3.05, 3.63) is 41.2 Å². The van der Waals surface area contributed by atoms with Gasteiger partial charge in [0.15, 0.2) is 5.13 Å². The van der Waals surface area contributed by atoms with Crippen molar-refractivity contribution >= 4 is 33.4 Å². The molecular weight excluding hydrogens is 334 g/mol. The van der Waals surface area contributed by atoms with Crippen molar-refractivity contribution in [3.8, 4) is 0 Å². The van der Waals surface area contributed by atoms with Crippen LogP contribution in [0.15, 0.2) is 30.6 Å². The summed E-state index contributed by atoms with van der Waals surface area (Å²) in [4.78, 5) is 26.9. The van der Waals surface area contributed by atoms with E-state index in [0.717, 1.165) is 37.1 Å². The summed E-state index contributed by atoms with van der Waals surface area (Å²) >= 11 is 1.56. The number of nitrogens with one attached hydrogen (secondary N) is 2. The predicted molar refractivity (Wildman–Crippen MR) is 99.6 cm³/mol. The fourth-order valence-corrected chi connectivity index (χ4v) is 4.37. The van der Waals surface area contributed by atoms with E-state index in [1.54, 1.807) is 11.3 Å². The molecule has 0 radical (unpaired) electrons. The van der Waals surface area contributed by atoms with Crippen LogP contribution in [0.25, 0.3) is 11.0 Å². The van der Waals surface area contributed by atoms with Gasteiger partial charge in [0.25, 0.3) is 0 Å². The maximum absolute atomic E-state index is 11.1. The van der Waals surface area contributed by atoms with Crippen LogP contribution in [-0.2, 0) is 17.8 Å². The van der Waals surface area contributed by atoms with Crippen LogP contribution in [0.2, 0.25) is 0 Å². The van der Waals surface area contributed by atoms with Crippen molar-refractivity contribution in [2.45, 2.75) is 26.3 Å². The van der Waals surface area contributed by atoms with Gasteiger partial charge in [-0.05, 0) is 43.5 Å². The van der Waals surface area contributed by atoms with Crippen molar-refractivity contribution < 1.29 is 4.79 Å². The minimum absolute atomic E-state index is 0.0741. The van der Waals surface area contributed by atoms with Gasteiger partial charge in [0.05, 0.1) is 11.0 Å². The SMILES string of the molecule is CC(=O)Nc1ncc(CN2CCC(Cc3cc4ncccc4[nH]3)C2)s1. The smallest absolute Gasteiger partial charge is 0.223 e. The van der Waals surface area contributed by atoms with Crippen LogP contribution in [-0.4, -0.2) is 38.8 Å². The van der Waals surface area contributed by atoms with Crippen LogP contribution in [0.1, 0.15) is 23.9 Å². The number of H-pyrrole nitrogens is 1. The number of thiazole rings is 1. The van der Waals surface area contributed by atoms with Gasteiger partial charge < -0.3 is 10.3 Å². The van der Waals surface area contributed by atoms with E-state index in [-0.39, 0.29) is 5.91 Å². The number of nitrogens with zero attached hydrogens (tertiary/aromatic N) is 3. The van der Waals surface area contributed by atoms with Crippen LogP contribution in [0.5, 0.6) is 0 Å². The minimum Gasteiger partial charge on any atom is -0.357 e. The summed E-state index contributed by atoms with van der Waals surface area (Å²) < 4.78 is 0. The van der Waals surface area contributed by atoms with E-state index in [2.05, 4.69) is 37.3 Å². The molecule has 0 saturated carbocycles. The summed E-state index contributed by atoms with van der Waals surface area (Å²) in [5, 5.41) is 3.43. The lowest BCUT2D eigenvalue weighted by Crippen LogP contribution is -2.20. The topological polar surface area (TPSA) is 73.9 Å². The largest absolute Gasteiger partial charge is 0.357 e. The molecule has 1 aliphatic heterocycles. The first kappa shape index (κ1) is 16.2. The number of pyridine rings is 1. The van der Waals surface area contributed by atoms with E-state index in [4.69, 9.17) is 0 Å². The highest BCUT2D eigenvalue weighted by atomic mass is 32.1. The average Bonchev–Trinajstić information content (AvgIpc) is 3.27. The fourth-order valence-electron chi connectivity index (χ4n) is 3.47. The summed E-state index contributed by atoms with van der Waals surface area (Å²) in [5.74, 6) is 0.589. The summed E-state index contributed by atoms with van der Waals surface area (Å²) in [6.45, 7) is 4.61. The van der Waals surface area contributed by atoms with E-state index in [1.807, 2.05) is 18.5 Å². The number of likely N-dealkylation sites (tertiary alicyclic amines) is 1. The third-order valence-electron chi connectivity index (χ3n) is 4.54. The van der Waals surface area contributed by atoms with Gasteiger partial charge in [-0.15, -0.1) is 11.3 Å². The molecule has 0 aromatic carbocycles. The normalized spacial score (nSPS) is 18.0. The van der Waals surface area contributed by atoms with Gasteiger partial charge in [-0.25, -0.2) is 4.98 Å². The van der Waals surface area contributed by atoms with Gasteiger partial charge in [0.2, 0.25) is 5.91 Å². The standard InChI is InChI=1S/C18H21N5OS/c1-12(24)21-18-20-9-15(25-18)11-23-6-4-13(10-23)7-14-8-17-16(22-14)3-2-5-19-17/h2-3,5,8-9,13,22H,4,6-7,10-11H2,1H3,(H,20,21,24). The third-order valence-corrected chi connectivity index (χ3v) is 5.44. The van der Waals surface area contributed by atoms with Gasteiger partial charge in [-0.3, -0.25) is 14.7 Å². The summed E-state index contributed by atoms with van der Waals surface area (Å²) in [5.41, 5.74) is 3.43. The highest BCUT2D eigenvalue weighted by Crippen LogP contribution is 2.26. The van der Waals surface area contributed by atoms with Crippen LogP contribution in [0, 0.1) is 5.92 Å². The van der Waals surface area contributed by atoms with Crippen LogP contribution in [0.3, 0.4) is 0 Å². The van der Waals surface area contributed by atoms with Crippen molar-refractivity contribution in [1.29, 1.82) is 0 Å². The molecule has 6 nitrogen and oxygen atoms in total. The summed E-state index contributed by atoms with van der Waals surface area (Å²) in [6.07, 6.45) is 5.97. The lowest BCUT2D eigenvalue weighted by atomic mass is 10.0. The van der Waals surface area contributed by atoms with Gasteiger partial charge in [-0.2, -0.15) is 0 Å². The molecule has 7 heteroatoms. The van der Waals surface area contributed by atoms with Gasteiger partial charge in [0.1, 0.15) is 0 Å². The monoisotopic (exact) mass is 355 g/mol. The second-order valence-corrected chi connectivity index (χ2v) is 7.75. The molecule has 3 aromatic rings. The Morgan fingerprint density at radius 3 is 3.24 bits per heavy atom. The van der Waals surface area contributed by atoms with Gasteiger partial charge >= 0.3 is 0 Å².